The van der Waals surface area contributed by atoms with E-state index in [1.165, 1.54) is 0 Å². The third-order valence-electron chi connectivity index (χ3n) is 5.11. The molecule has 2 fully saturated rings. The highest BCUT2D eigenvalue weighted by atomic mass is 16.6. The molecular formula is C18H26N4O3. The summed E-state index contributed by atoms with van der Waals surface area (Å²) in [6.45, 7) is 3.28. The van der Waals surface area contributed by atoms with E-state index in [9.17, 15) is 9.59 Å². The van der Waals surface area contributed by atoms with E-state index in [-0.39, 0.29) is 6.54 Å². The van der Waals surface area contributed by atoms with Crippen LogP contribution in [0.5, 0.6) is 0 Å². The van der Waals surface area contributed by atoms with Crippen LogP contribution in [0.2, 0.25) is 0 Å². The summed E-state index contributed by atoms with van der Waals surface area (Å²) in [6, 6.07) is 3.96. The summed E-state index contributed by atoms with van der Waals surface area (Å²) in [7, 11) is 0. The molecule has 0 bridgehead atoms. The predicted octanol–water partition coefficient (Wildman–Crippen LogP) is 0.935. The average Bonchev–Trinajstić information content (AvgIpc) is 2.63. The van der Waals surface area contributed by atoms with E-state index in [0.29, 0.717) is 12.8 Å². The molecular weight excluding hydrogens is 320 g/mol. The van der Waals surface area contributed by atoms with Crippen LogP contribution >= 0.6 is 0 Å². The molecule has 25 heavy (non-hydrogen) atoms. The smallest absolute Gasteiger partial charge is 0.333 e. The van der Waals surface area contributed by atoms with Crippen molar-refractivity contribution < 1.29 is 14.3 Å². The lowest BCUT2D eigenvalue weighted by Gasteiger charge is -2.35. The zero-order chi connectivity index (χ0) is 17.7. The van der Waals surface area contributed by atoms with Gasteiger partial charge in [-0.05, 0) is 25.0 Å². The van der Waals surface area contributed by atoms with E-state index in [1.807, 2.05) is 17.0 Å². The highest BCUT2D eigenvalue weighted by Gasteiger charge is 2.38. The lowest BCUT2D eigenvalue weighted by molar-refractivity contribution is -0.165. The van der Waals surface area contributed by atoms with E-state index in [0.717, 1.165) is 51.1 Å². The van der Waals surface area contributed by atoms with Crippen molar-refractivity contribution in [1.82, 2.24) is 9.88 Å². The topological polar surface area (TPSA) is 88.8 Å². The molecule has 0 amide bonds. The van der Waals surface area contributed by atoms with Gasteiger partial charge in [-0.3, -0.25) is 14.7 Å². The minimum Gasteiger partial charge on any atom is -0.391 e. The number of piperazine rings is 1. The fourth-order valence-corrected chi connectivity index (χ4v) is 3.53. The molecule has 1 aromatic rings. The zero-order valence-electron chi connectivity index (χ0n) is 14.5. The third kappa shape index (κ3) is 4.55. The monoisotopic (exact) mass is 346 g/mol. The summed E-state index contributed by atoms with van der Waals surface area (Å²) in [6.07, 6.45) is 7.67. The van der Waals surface area contributed by atoms with Gasteiger partial charge < -0.3 is 15.4 Å². The quantitative estimate of drug-likeness (QED) is 0.641. The minimum absolute atomic E-state index is 0.131. The molecule has 1 aliphatic carbocycles. The van der Waals surface area contributed by atoms with Gasteiger partial charge in [0.1, 0.15) is 5.54 Å². The number of ether oxygens (including phenoxy) is 1. The van der Waals surface area contributed by atoms with Crippen LogP contribution in [0.4, 0.5) is 5.69 Å². The van der Waals surface area contributed by atoms with Gasteiger partial charge in [-0.1, -0.05) is 19.3 Å². The van der Waals surface area contributed by atoms with E-state index in [4.69, 9.17) is 10.5 Å². The van der Waals surface area contributed by atoms with Crippen molar-refractivity contribution in [2.45, 2.75) is 37.6 Å². The first-order valence-electron chi connectivity index (χ1n) is 8.98. The largest absolute Gasteiger partial charge is 0.391 e. The summed E-state index contributed by atoms with van der Waals surface area (Å²) < 4.78 is 5.04. The van der Waals surface area contributed by atoms with E-state index < -0.39 is 17.5 Å². The summed E-state index contributed by atoms with van der Waals surface area (Å²) in [5, 5.41) is 0. The van der Waals surface area contributed by atoms with Crippen LogP contribution in [0.1, 0.15) is 32.1 Å². The Hall–Kier alpha value is -1.99. The Bertz CT molecular complexity index is 594. The molecule has 0 radical (unpaired) electrons. The second-order valence-electron chi connectivity index (χ2n) is 6.95. The first kappa shape index (κ1) is 17.8. The van der Waals surface area contributed by atoms with Crippen LogP contribution < -0.4 is 10.6 Å². The van der Waals surface area contributed by atoms with Gasteiger partial charge in [-0.2, -0.15) is 0 Å². The highest BCUT2D eigenvalue weighted by Crippen LogP contribution is 2.27. The summed E-state index contributed by atoms with van der Waals surface area (Å²) in [5.74, 6) is -1.06. The Kier molecular flexibility index (Phi) is 5.65. The van der Waals surface area contributed by atoms with Crippen molar-refractivity contribution in [3.8, 4) is 0 Å². The van der Waals surface area contributed by atoms with Crippen LogP contribution in [-0.4, -0.2) is 60.1 Å². The Morgan fingerprint density at radius 3 is 2.36 bits per heavy atom. The molecule has 1 saturated heterocycles. The standard InChI is InChI=1S/C18H26N4O3/c19-18(6-2-1-3-7-18)17(24)25-16(23)14-21-10-12-22(13-11-21)15-4-8-20-9-5-15/h4-5,8-9H,1-3,6-7,10-14,19H2. The van der Waals surface area contributed by atoms with Crippen molar-refractivity contribution >= 4 is 17.6 Å². The first-order chi connectivity index (χ1) is 12.1. The van der Waals surface area contributed by atoms with Crippen LogP contribution in [0.3, 0.4) is 0 Å². The van der Waals surface area contributed by atoms with Gasteiger partial charge in [-0.25, -0.2) is 4.79 Å². The number of aromatic nitrogens is 1. The number of hydrogen-bond acceptors (Lipinski definition) is 7. The second-order valence-corrected chi connectivity index (χ2v) is 6.95. The van der Waals surface area contributed by atoms with Gasteiger partial charge in [0.25, 0.3) is 0 Å². The number of carbonyl (C=O) groups is 2. The van der Waals surface area contributed by atoms with Crippen molar-refractivity contribution in [3.05, 3.63) is 24.5 Å². The zero-order valence-corrected chi connectivity index (χ0v) is 14.5. The van der Waals surface area contributed by atoms with Gasteiger partial charge >= 0.3 is 11.9 Å². The van der Waals surface area contributed by atoms with E-state index in [1.54, 1.807) is 12.4 Å². The van der Waals surface area contributed by atoms with E-state index >= 15 is 0 Å². The average molecular weight is 346 g/mol. The molecule has 0 spiro atoms. The maximum Gasteiger partial charge on any atom is 0.333 e. The number of hydrogen-bond donors (Lipinski definition) is 1. The number of rotatable bonds is 4. The maximum atomic E-state index is 12.2. The number of nitrogens with two attached hydrogens (primary N) is 1. The third-order valence-corrected chi connectivity index (χ3v) is 5.11. The lowest BCUT2D eigenvalue weighted by atomic mass is 9.83. The van der Waals surface area contributed by atoms with Crippen LogP contribution in [0.15, 0.2) is 24.5 Å². The summed E-state index contributed by atoms with van der Waals surface area (Å²) in [5.41, 5.74) is 6.27. The number of anilines is 1. The summed E-state index contributed by atoms with van der Waals surface area (Å²) >= 11 is 0. The van der Waals surface area contributed by atoms with Gasteiger partial charge in [0.15, 0.2) is 0 Å². The molecule has 0 aromatic carbocycles. The predicted molar refractivity (Wildman–Crippen MR) is 94.0 cm³/mol. The fraction of sp³-hybridized carbons (Fsp3) is 0.611. The van der Waals surface area contributed by atoms with Crippen molar-refractivity contribution in [3.63, 3.8) is 0 Å². The minimum atomic E-state index is -0.978. The van der Waals surface area contributed by atoms with Gasteiger partial charge in [0.05, 0.1) is 6.54 Å². The Morgan fingerprint density at radius 2 is 1.72 bits per heavy atom. The maximum absolute atomic E-state index is 12.2. The first-order valence-corrected chi connectivity index (χ1v) is 8.98. The molecule has 2 aliphatic rings. The van der Waals surface area contributed by atoms with Crippen molar-refractivity contribution in [2.75, 3.05) is 37.6 Å². The normalized spacial score (nSPS) is 20.9. The fourth-order valence-electron chi connectivity index (χ4n) is 3.53. The van der Waals surface area contributed by atoms with Crippen molar-refractivity contribution in [2.24, 2.45) is 5.73 Å². The molecule has 136 valence electrons. The van der Waals surface area contributed by atoms with E-state index in [2.05, 4.69) is 9.88 Å². The highest BCUT2D eigenvalue weighted by molar-refractivity contribution is 5.91. The van der Waals surface area contributed by atoms with Gasteiger partial charge in [0, 0.05) is 44.3 Å². The van der Waals surface area contributed by atoms with Crippen LogP contribution in [-0.2, 0) is 14.3 Å². The molecule has 0 unspecified atom stereocenters. The summed E-state index contributed by atoms with van der Waals surface area (Å²) in [4.78, 5) is 32.6. The Labute approximate surface area is 148 Å². The number of pyridine rings is 1. The molecule has 3 rings (SSSR count). The molecule has 2 N–H and O–H groups in total. The molecule has 0 atom stereocenters. The molecule has 7 nitrogen and oxygen atoms in total. The number of carbonyl (C=O) groups excluding carboxylic acids is 2. The molecule has 7 heteroatoms. The van der Waals surface area contributed by atoms with Gasteiger partial charge in [-0.15, -0.1) is 0 Å². The Morgan fingerprint density at radius 1 is 1.08 bits per heavy atom. The molecule has 1 saturated carbocycles. The Balaban J connectivity index is 1.44. The van der Waals surface area contributed by atoms with Crippen LogP contribution in [0, 0.1) is 0 Å². The van der Waals surface area contributed by atoms with Crippen LogP contribution in [0.25, 0.3) is 0 Å². The second kappa shape index (κ2) is 7.93. The molecule has 1 aromatic heterocycles. The van der Waals surface area contributed by atoms with Crippen molar-refractivity contribution in [1.29, 1.82) is 0 Å². The molecule has 1 aliphatic heterocycles. The molecule has 2 heterocycles. The SMILES string of the molecule is NC1(C(=O)OC(=O)CN2CCN(c3ccncc3)CC2)CCCCC1. The lowest BCUT2D eigenvalue weighted by Crippen LogP contribution is -2.52. The number of esters is 2. The number of nitrogens with zero attached hydrogens (tertiary/aromatic N) is 3. The van der Waals surface area contributed by atoms with Gasteiger partial charge in [0.2, 0.25) is 0 Å².